The fourth-order valence-electron chi connectivity index (χ4n) is 3.14. The molecule has 1 fully saturated rings. The third-order valence-corrected chi connectivity index (χ3v) is 4.55. The molecule has 1 aliphatic heterocycles. The van der Waals surface area contributed by atoms with E-state index in [-0.39, 0.29) is 6.04 Å². The van der Waals surface area contributed by atoms with Gasteiger partial charge in [0.25, 0.3) is 11.7 Å². The summed E-state index contributed by atoms with van der Waals surface area (Å²) in [5.41, 5.74) is 1.73. The van der Waals surface area contributed by atoms with E-state index >= 15 is 0 Å². The maximum atomic E-state index is 12.2. The Bertz CT molecular complexity index is 700. The van der Waals surface area contributed by atoms with Crippen LogP contribution in [0, 0.1) is 0 Å². The van der Waals surface area contributed by atoms with Crippen LogP contribution in [0.15, 0.2) is 48.7 Å². The summed E-state index contributed by atoms with van der Waals surface area (Å²) in [6.45, 7) is 2.79. The van der Waals surface area contributed by atoms with E-state index in [1.165, 1.54) is 5.56 Å². The Kier molecular flexibility index (Phi) is 5.11. The van der Waals surface area contributed by atoms with Crippen molar-refractivity contribution < 1.29 is 9.59 Å². The number of carbonyl (C=O) groups excluding carboxylic acids is 2. The van der Waals surface area contributed by atoms with Crippen LogP contribution < -0.4 is 5.32 Å². The number of amides is 1. The smallest absolute Gasteiger partial charge is 0.294 e. The lowest BCUT2D eigenvalue weighted by atomic mass is 10.0. The highest BCUT2D eigenvalue weighted by molar-refractivity contribution is 6.42. The molecule has 0 radical (unpaired) electrons. The monoisotopic (exact) mass is 325 g/mol. The molecular weight excluding hydrogens is 302 g/mol. The highest BCUT2D eigenvalue weighted by atomic mass is 16.2. The summed E-state index contributed by atoms with van der Waals surface area (Å²) < 4.78 is 1.67. The van der Waals surface area contributed by atoms with E-state index in [9.17, 15) is 9.59 Å². The van der Waals surface area contributed by atoms with Gasteiger partial charge in [-0.1, -0.05) is 30.3 Å². The van der Waals surface area contributed by atoms with Gasteiger partial charge in [-0.05, 0) is 30.5 Å². The molecule has 0 atom stereocenters. The van der Waals surface area contributed by atoms with Gasteiger partial charge in [0, 0.05) is 38.9 Å². The van der Waals surface area contributed by atoms with Crippen LogP contribution in [0.25, 0.3) is 0 Å². The molecule has 3 rings (SSSR count). The number of likely N-dealkylation sites (tertiary alicyclic amines) is 1. The lowest BCUT2D eigenvalue weighted by molar-refractivity contribution is -0.118. The van der Waals surface area contributed by atoms with Gasteiger partial charge < -0.3 is 9.88 Å². The summed E-state index contributed by atoms with van der Waals surface area (Å²) in [5.74, 6) is -0.965. The number of ketones is 1. The first kappa shape index (κ1) is 16.5. The highest BCUT2D eigenvalue weighted by Crippen LogP contribution is 2.14. The van der Waals surface area contributed by atoms with Gasteiger partial charge in [-0.25, -0.2) is 0 Å². The first-order chi connectivity index (χ1) is 11.6. The third-order valence-electron chi connectivity index (χ3n) is 4.55. The summed E-state index contributed by atoms with van der Waals surface area (Å²) in [5, 5.41) is 2.89. The second-order valence-electron chi connectivity index (χ2n) is 6.34. The molecule has 1 aromatic heterocycles. The summed E-state index contributed by atoms with van der Waals surface area (Å²) >= 11 is 0. The Balaban J connectivity index is 1.48. The number of aromatic nitrogens is 1. The molecule has 1 N–H and O–H groups in total. The molecule has 1 aromatic carbocycles. The molecule has 5 heteroatoms. The van der Waals surface area contributed by atoms with Gasteiger partial charge in [-0.15, -0.1) is 0 Å². The molecule has 0 saturated carbocycles. The molecule has 24 heavy (non-hydrogen) atoms. The van der Waals surface area contributed by atoms with Crippen molar-refractivity contribution in [2.45, 2.75) is 25.4 Å². The number of rotatable bonds is 5. The minimum atomic E-state index is -0.502. The van der Waals surface area contributed by atoms with Crippen molar-refractivity contribution in [2.24, 2.45) is 7.05 Å². The van der Waals surface area contributed by atoms with Crippen molar-refractivity contribution in [3.8, 4) is 0 Å². The molecule has 0 aliphatic carbocycles. The molecule has 2 heterocycles. The number of hydrogen-bond acceptors (Lipinski definition) is 3. The number of hydrogen-bond donors (Lipinski definition) is 1. The van der Waals surface area contributed by atoms with Crippen LogP contribution >= 0.6 is 0 Å². The normalized spacial score (nSPS) is 16.0. The maximum absolute atomic E-state index is 12.2. The van der Waals surface area contributed by atoms with Gasteiger partial charge in [0.05, 0.1) is 5.69 Å². The second kappa shape index (κ2) is 7.45. The summed E-state index contributed by atoms with van der Waals surface area (Å²) in [6.07, 6.45) is 3.51. The van der Waals surface area contributed by atoms with Gasteiger partial charge >= 0.3 is 0 Å². The van der Waals surface area contributed by atoms with Crippen LogP contribution in [0.4, 0.5) is 0 Å². The Morgan fingerprint density at radius 1 is 1.08 bits per heavy atom. The van der Waals surface area contributed by atoms with Crippen LogP contribution in [0.3, 0.4) is 0 Å². The topological polar surface area (TPSA) is 54.3 Å². The fraction of sp³-hybridized carbons (Fsp3) is 0.368. The molecule has 126 valence electrons. The summed E-state index contributed by atoms with van der Waals surface area (Å²) in [6, 6.07) is 13.9. The number of piperidine rings is 1. The first-order valence-corrected chi connectivity index (χ1v) is 8.36. The highest BCUT2D eigenvalue weighted by Gasteiger charge is 2.25. The number of benzene rings is 1. The van der Waals surface area contributed by atoms with E-state index in [0.717, 1.165) is 32.5 Å². The maximum Gasteiger partial charge on any atom is 0.294 e. The SMILES string of the molecule is Cn1cccc1C(=O)C(=O)NC1CCN(Cc2ccccc2)CC1. The molecule has 0 unspecified atom stereocenters. The van der Waals surface area contributed by atoms with Crippen LogP contribution in [0.1, 0.15) is 28.9 Å². The standard InChI is InChI=1S/C19H23N3O2/c1-21-11-5-8-17(21)18(23)19(24)20-16-9-12-22(13-10-16)14-15-6-3-2-4-7-15/h2-8,11,16H,9-10,12-14H2,1H3,(H,20,24). The molecule has 0 bridgehead atoms. The van der Waals surface area contributed by atoms with Crippen molar-refractivity contribution in [1.82, 2.24) is 14.8 Å². The van der Waals surface area contributed by atoms with Gasteiger partial charge in [0.15, 0.2) is 0 Å². The molecular formula is C19H23N3O2. The zero-order valence-corrected chi connectivity index (χ0v) is 13.9. The zero-order chi connectivity index (χ0) is 16.9. The lowest BCUT2D eigenvalue weighted by Gasteiger charge is -2.32. The predicted molar refractivity (Wildman–Crippen MR) is 92.6 cm³/mol. The van der Waals surface area contributed by atoms with Crippen LogP contribution in [0.5, 0.6) is 0 Å². The number of aryl methyl sites for hydroxylation is 1. The minimum absolute atomic E-state index is 0.0775. The van der Waals surface area contributed by atoms with Gasteiger partial charge in [-0.3, -0.25) is 14.5 Å². The van der Waals surface area contributed by atoms with Crippen LogP contribution in [-0.4, -0.2) is 40.3 Å². The molecule has 0 spiro atoms. The lowest BCUT2D eigenvalue weighted by Crippen LogP contribution is -2.46. The van der Waals surface area contributed by atoms with E-state index in [2.05, 4.69) is 34.5 Å². The van der Waals surface area contributed by atoms with Crippen molar-refractivity contribution >= 4 is 11.7 Å². The summed E-state index contributed by atoms with van der Waals surface area (Å²) in [4.78, 5) is 26.7. The van der Waals surface area contributed by atoms with E-state index in [1.54, 1.807) is 29.9 Å². The van der Waals surface area contributed by atoms with E-state index < -0.39 is 11.7 Å². The Morgan fingerprint density at radius 2 is 1.79 bits per heavy atom. The number of Topliss-reactive ketones (excluding diaryl/α,β-unsaturated/α-hetero) is 1. The molecule has 1 amide bonds. The Hall–Kier alpha value is -2.40. The molecule has 2 aromatic rings. The molecule has 5 nitrogen and oxygen atoms in total. The number of carbonyl (C=O) groups is 2. The van der Waals surface area contributed by atoms with Gasteiger partial charge in [-0.2, -0.15) is 0 Å². The van der Waals surface area contributed by atoms with E-state index in [4.69, 9.17) is 0 Å². The number of nitrogens with one attached hydrogen (secondary N) is 1. The Morgan fingerprint density at radius 3 is 2.42 bits per heavy atom. The van der Waals surface area contributed by atoms with E-state index in [1.807, 2.05) is 6.07 Å². The minimum Gasteiger partial charge on any atom is -0.348 e. The van der Waals surface area contributed by atoms with E-state index in [0.29, 0.717) is 5.69 Å². The average molecular weight is 325 g/mol. The predicted octanol–water partition coefficient (Wildman–Crippen LogP) is 1.99. The fourth-order valence-corrected chi connectivity index (χ4v) is 3.14. The summed E-state index contributed by atoms with van der Waals surface area (Å²) in [7, 11) is 1.77. The van der Waals surface area contributed by atoms with Crippen molar-refractivity contribution in [2.75, 3.05) is 13.1 Å². The third kappa shape index (κ3) is 3.92. The quantitative estimate of drug-likeness (QED) is 0.676. The average Bonchev–Trinajstić information content (AvgIpc) is 3.03. The van der Waals surface area contributed by atoms with Gasteiger partial charge in [0.1, 0.15) is 0 Å². The van der Waals surface area contributed by atoms with Crippen molar-refractivity contribution in [3.05, 3.63) is 59.9 Å². The largest absolute Gasteiger partial charge is 0.348 e. The van der Waals surface area contributed by atoms with Crippen LogP contribution in [0.2, 0.25) is 0 Å². The molecule has 1 saturated heterocycles. The Labute approximate surface area is 142 Å². The zero-order valence-electron chi connectivity index (χ0n) is 13.9. The van der Waals surface area contributed by atoms with Crippen molar-refractivity contribution in [1.29, 1.82) is 0 Å². The van der Waals surface area contributed by atoms with Crippen LogP contribution in [-0.2, 0) is 18.4 Å². The number of nitrogens with zero attached hydrogens (tertiary/aromatic N) is 2. The molecule has 1 aliphatic rings. The van der Waals surface area contributed by atoms with Gasteiger partial charge in [0.2, 0.25) is 0 Å². The van der Waals surface area contributed by atoms with Crippen molar-refractivity contribution in [3.63, 3.8) is 0 Å². The first-order valence-electron chi connectivity index (χ1n) is 8.36. The second-order valence-corrected chi connectivity index (χ2v) is 6.34.